The summed E-state index contributed by atoms with van der Waals surface area (Å²) in [5.74, 6) is 0. The van der Waals surface area contributed by atoms with E-state index in [2.05, 4.69) is 15.8 Å². The summed E-state index contributed by atoms with van der Waals surface area (Å²) in [7, 11) is 1.65. The first-order chi connectivity index (χ1) is 8.22. The Morgan fingerprint density at radius 1 is 1.53 bits per heavy atom. The predicted molar refractivity (Wildman–Crippen MR) is 74.4 cm³/mol. The molecule has 0 saturated carbocycles. The summed E-state index contributed by atoms with van der Waals surface area (Å²) in [6, 6.07) is 8.07. The third kappa shape index (κ3) is 5.99. The number of nitrogens with one attached hydrogen (secondary N) is 2. The van der Waals surface area contributed by atoms with E-state index < -0.39 is 0 Å². The molecular formula is C12H17N3OS. The minimum Gasteiger partial charge on any atom is -0.383 e. The van der Waals surface area contributed by atoms with E-state index in [1.54, 1.807) is 13.3 Å². The monoisotopic (exact) mass is 251 g/mol. The minimum atomic E-state index is 0.492. The molecule has 0 unspecified atom stereocenters. The van der Waals surface area contributed by atoms with Gasteiger partial charge in [-0.25, -0.2) is 0 Å². The molecule has 2 N–H and O–H groups in total. The molecule has 92 valence electrons. The molecule has 0 aromatic heterocycles. The Bertz CT molecular complexity index is 393. The summed E-state index contributed by atoms with van der Waals surface area (Å²) in [6.07, 6.45) is 1.73. The van der Waals surface area contributed by atoms with Gasteiger partial charge in [0.2, 0.25) is 0 Å². The van der Waals surface area contributed by atoms with E-state index in [0.29, 0.717) is 18.3 Å². The second-order valence-corrected chi connectivity index (χ2v) is 3.94. The van der Waals surface area contributed by atoms with Crippen molar-refractivity contribution >= 4 is 23.5 Å². The van der Waals surface area contributed by atoms with Crippen LogP contribution >= 0.6 is 12.2 Å². The lowest BCUT2D eigenvalue weighted by atomic mass is 10.2. The van der Waals surface area contributed by atoms with Crippen LogP contribution in [0.1, 0.15) is 11.1 Å². The second-order valence-electron chi connectivity index (χ2n) is 3.53. The maximum absolute atomic E-state index is 5.02. The molecule has 0 spiro atoms. The third-order valence-corrected chi connectivity index (χ3v) is 2.25. The summed E-state index contributed by atoms with van der Waals surface area (Å²) >= 11 is 5.02. The van der Waals surface area contributed by atoms with Crippen molar-refractivity contribution in [3.8, 4) is 0 Å². The van der Waals surface area contributed by atoms with E-state index >= 15 is 0 Å². The van der Waals surface area contributed by atoms with Crippen LogP contribution in [-0.4, -0.2) is 31.6 Å². The predicted octanol–water partition coefficient (Wildman–Crippen LogP) is 1.44. The quantitative estimate of drug-likeness (QED) is 0.360. The first-order valence-electron chi connectivity index (χ1n) is 5.35. The topological polar surface area (TPSA) is 45.6 Å². The molecule has 1 aromatic rings. The zero-order chi connectivity index (χ0) is 12.5. The molecular weight excluding hydrogens is 234 g/mol. The van der Waals surface area contributed by atoms with Gasteiger partial charge in [-0.05, 0) is 24.7 Å². The van der Waals surface area contributed by atoms with Crippen LogP contribution in [0.25, 0.3) is 0 Å². The molecule has 1 aromatic carbocycles. The number of hydrogen-bond acceptors (Lipinski definition) is 3. The normalized spacial score (nSPS) is 10.5. The van der Waals surface area contributed by atoms with E-state index in [1.165, 1.54) is 5.56 Å². The summed E-state index contributed by atoms with van der Waals surface area (Å²) in [5.41, 5.74) is 4.99. The van der Waals surface area contributed by atoms with Crippen LogP contribution in [0.5, 0.6) is 0 Å². The Morgan fingerprint density at radius 2 is 2.35 bits per heavy atom. The molecule has 0 saturated heterocycles. The Labute approximate surface area is 107 Å². The molecule has 0 fully saturated rings. The maximum atomic E-state index is 5.02. The van der Waals surface area contributed by atoms with Crippen molar-refractivity contribution in [1.82, 2.24) is 10.7 Å². The minimum absolute atomic E-state index is 0.492. The number of benzene rings is 1. The molecule has 1 rings (SSSR count). The van der Waals surface area contributed by atoms with E-state index in [0.717, 1.165) is 5.56 Å². The van der Waals surface area contributed by atoms with Crippen LogP contribution in [-0.2, 0) is 4.74 Å². The van der Waals surface area contributed by atoms with Gasteiger partial charge < -0.3 is 10.1 Å². The lowest BCUT2D eigenvalue weighted by molar-refractivity contribution is 0.204. The van der Waals surface area contributed by atoms with E-state index in [1.807, 2.05) is 31.2 Å². The fourth-order valence-electron chi connectivity index (χ4n) is 1.22. The van der Waals surface area contributed by atoms with Gasteiger partial charge in [-0.1, -0.05) is 29.8 Å². The third-order valence-electron chi connectivity index (χ3n) is 2.01. The Hall–Kier alpha value is -1.46. The van der Waals surface area contributed by atoms with Crippen LogP contribution in [0, 0.1) is 6.92 Å². The van der Waals surface area contributed by atoms with Crippen LogP contribution in [0.15, 0.2) is 29.4 Å². The van der Waals surface area contributed by atoms with Gasteiger partial charge >= 0.3 is 0 Å². The van der Waals surface area contributed by atoms with E-state index in [9.17, 15) is 0 Å². The average Bonchev–Trinajstić information content (AvgIpc) is 2.29. The number of thiocarbonyl (C=S) groups is 1. The highest BCUT2D eigenvalue weighted by atomic mass is 32.1. The molecule has 0 radical (unpaired) electrons. The lowest BCUT2D eigenvalue weighted by Crippen LogP contribution is -2.34. The SMILES string of the molecule is COCCNC(=S)NN=Cc1cccc(C)c1. The van der Waals surface area contributed by atoms with Gasteiger partial charge in [0.05, 0.1) is 12.8 Å². The van der Waals surface area contributed by atoms with Gasteiger partial charge in [0.25, 0.3) is 0 Å². The van der Waals surface area contributed by atoms with E-state index in [-0.39, 0.29) is 0 Å². The van der Waals surface area contributed by atoms with Crippen molar-refractivity contribution in [2.24, 2.45) is 5.10 Å². The Kier molecular flexibility index (Phi) is 6.21. The molecule has 5 heteroatoms. The van der Waals surface area contributed by atoms with E-state index in [4.69, 9.17) is 17.0 Å². The van der Waals surface area contributed by atoms with Gasteiger partial charge in [-0.15, -0.1) is 0 Å². The number of aryl methyl sites for hydroxylation is 1. The van der Waals surface area contributed by atoms with Crippen molar-refractivity contribution in [2.75, 3.05) is 20.3 Å². The Balaban J connectivity index is 2.32. The summed E-state index contributed by atoms with van der Waals surface area (Å²) in [4.78, 5) is 0. The molecule has 0 amide bonds. The zero-order valence-electron chi connectivity index (χ0n) is 10.1. The molecule has 0 bridgehead atoms. The van der Waals surface area contributed by atoms with Crippen molar-refractivity contribution in [1.29, 1.82) is 0 Å². The van der Waals surface area contributed by atoms with Gasteiger partial charge in [0.15, 0.2) is 5.11 Å². The molecule has 4 nitrogen and oxygen atoms in total. The number of rotatable bonds is 5. The van der Waals surface area contributed by atoms with Gasteiger partial charge in [0, 0.05) is 13.7 Å². The van der Waals surface area contributed by atoms with Gasteiger partial charge in [-0.3, -0.25) is 5.43 Å². The summed E-state index contributed by atoms with van der Waals surface area (Å²) in [6.45, 7) is 3.33. The number of methoxy groups -OCH3 is 1. The fraction of sp³-hybridized carbons (Fsp3) is 0.333. The summed E-state index contributed by atoms with van der Waals surface area (Å²) < 4.78 is 4.89. The smallest absolute Gasteiger partial charge is 0.187 e. The van der Waals surface area contributed by atoms with Crippen molar-refractivity contribution in [2.45, 2.75) is 6.92 Å². The molecule has 0 heterocycles. The van der Waals surface area contributed by atoms with Gasteiger partial charge in [0.1, 0.15) is 0 Å². The molecule has 17 heavy (non-hydrogen) atoms. The summed E-state index contributed by atoms with van der Waals surface area (Å²) in [5, 5.41) is 7.50. The first-order valence-corrected chi connectivity index (χ1v) is 5.75. The standard InChI is InChI=1S/C12H17N3OS/c1-10-4-3-5-11(8-10)9-14-15-12(17)13-6-7-16-2/h3-5,8-9H,6-7H2,1-2H3,(H2,13,15,17). The first kappa shape index (κ1) is 13.6. The molecule has 0 aliphatic heterocycles. The average molecular weight is 251 g/mol. The molecule has 0 aliphatic carbocycles. The van der Waals surface area contributed by atoms with Crippen LogP contribution in [0.2, 0.25) is 0 Å². The number of hydrazone groups is 1. The lowest BCUT2D eigenvalue weighted by Gasteiger charge is -2.05. The van der Waals surface area contributed by atoms with Crippen LogP contribution in [0.3, 0.4) is 0 Å². The highest BCUT2D eigenvalue weighted by Crippen LogP contribution is 2.00. The fourth-order valence-corrected chi connectivity index (χ4v) is 1.38. The van der Waals surface area contributed by atoms with Gasteiger partial charge in [-0.2, -0.15) is 5.10 Å². The highest BCUT2D eigenvalue weighted by Gasteiger charge is 1.91. The van der Waals surface area contributed by atoms with Crippen LogP contribution in [0.4, 0.5) is 0 Å². The number of ether oxygens (including phenoxy) is 1. The Morgan fingerprint density at radius 3 is 3.06 bits per heavy atom. The number of nitrogens with zero attached hydrogens (tertiary/aromatic N) is 1. The maximum Gasteiger partial charge on any atom is 0.187 e. The highest BCUT2D eigenvalue weighted by molar-refractivity contribution is 7.80. The molecule has 0 aliphatic rings. The second kappa shape index (κ2) is 7.76. The van der Waals surface area contributed by atoms with Crippen molar-refractivity contribution in [3.63, 3.8) is 0 Å². The molecule has 0 atom stereocenters. The zero-order valence-corrected chi connectivity index (χ0v) is 10.9. The number of hydrogen-bond donors (Lipinski definition) is 2. The van der Waals surface area contributed by atoms with Crippen LogP contribution < -0.4 is 10.7 Å². The van der Waals surface area contributed by atoms with Crippen molar-refractivity contribution in [3.05, 3.63) is 35.4 Å². The van der Waals surface area contributed by atoms with Crippen molar-refractivity contribution < 1.29 is 4.74 Å². The largest absolute Gasteiger partial charge is 0.383 e.